The van der Waals surface area contributed by atoms with Gasteiger partial charge in [-0.1, -0.05) is 0 Å². The fraction of sp³-hybridized carbons (Fsp3) is 0.600. The molecule has 1 saturated carbocycles. The van der Waals surface area contributed by atoms with Crippen molar-refractivity contribution < 1.29 is 9.90 Å². The van der Waals surface area contributed by atoms with Crippen molar-refractivity contribution >= 4 is 5.97 Å². The SMILES string of the molecule is CC(C)(C(=O)O)n1ccc(C2CC2)n1. The molecule has 1 heterocycles. The number of carboxylic acid groups (broad SMARTS) is 1. The lowest BCUT2D eigenvalue weighted by atomic mass is 10.1. The maximum absolute atomic E-state index is 11.0. The summed E-state index contributed by atoms with van der Waals surface area (Å²) in [5, 5.41) is 13.3. The van der Waals surface area contributed by atoms with Crippen molar-refractivity contribution in [2.45, 2.75) is 38.1 Å². The summed E-state index contributed by atoms with van der Waals surface area (Å²) in [6.45, 7) is 3.30. The summed E-state index contributed by atoms with van der Waals surface area (Å²) in [4.78, 5) is 11.0. The van der Waals surface area contributed by atoms with Gasteiger partial charge in [0.2, 0.25) is 0 Å². The van der Waals surface area contributed by atoms with Crippen LogP contribution in [0.15, 0.2) is 12.3 Å². The predicted octanol–water partition coefficient (Wildman–Crippen LogP) is 1.58. The minimum atomic E-state index is -0.951. The van der Waals surface area contributed by atoms with Crippen molar-refractivity contribution in [3.63, 3.8) is 0 Å². The number of nitrogens with zero attached hydrogens (tertiary/aromatic N) is 2. The average molecular weight is 194 g/mol. The molecule has 1 aliphatic carbocycles. The van der Waals surface area contributed by atoms with E-state index >= 15 is 0 Å². The number of aromatic nitrogens is 2. The van der Waals surface area contributed by atoms with Crippen molar-refractivity contribution in [1.82, 2.24) is 9.78 Å². The van der Waals surface area contributed by atoms with Gasteiger partial charge in [0, 0.05) is 12.1 Å². The molecule has 0 radical (unpaired) electrons. The van der Waals surface area contributed by atoms with E-state index in [2.05, 4.69) is 5.10 Å². The van der Waals surface area contributed by atoms with E-state index in [4.69, 9.17) is 5.11 Å². The summed E-state index contributed by atoms with van der Waals surface area (Å²) in [7, 11) is 0. The van der Waals surface area contributed by atoms with Gasteiger partial charge in [0.1, 0.15) is 0 Å². The Morgan fingerprint density at radius 1 is 1.64 bits per heavy atom. The Labute approximate surface area is 82.5 Å². The van der Waals surface area contributed by atoms with Crippen LogP contribution >= 0.6 is 0 Å². The van der Waals surface area contributed by atoms with E-state index in [9.17, 15) is 4.79 Å². The van der Waals surface area contributed by atoms with Crippen LogP contribution in [0.1, 0.15) is 38.3 Å². The Bertz CT molecular complexity index is 364. The van der Waals surface area contributed by atoms with Crippen LogP contribution in [0.5, 0.6) is 0 Å². The molecule has 1 aliphatic rings. The van der Waals surface area contributed by atoms with Gasteiger partial charge in [0.05, 0.1) is 5.69 Å². The number of rotatable bonds is 3. The van der Waals surface area contributed by atoms with Gasteiger partial charge >= 0.3 is 5.97 Å². The number of carbonyl (C=O) groups is 1. The van der Waals surface area contributed by atoms with Crippen LogP contribution in [0.25, 0.3) is 0 Å². The molecule has 0 spiro atoms. The third-order valence-electron chi connectivity index (χ3n) is 2.70. The quantitative estimate of drug-likeness (QED) is 0.794. The third kappa shape index (κ3) is 1.41. The van der Waals surface area contributed by atoms with Gasteiger partial charge in [-0.2, -0.15) is 5.10 Å². The smallest absolute Gasteiger partial charge is 0.331 e. The first-order valence-corrected chi connectivity index (χ1v) is 4.81. The number of hydrogen-bond donors (Lipinski definition) is 1. The van der Waals surface area contributed by atoms with E-state index in [0.29, 0.717) is 5.92 Å². The fourth-order valence-electron chi connectivity index (χ4n) is 1.34. The standard InChI is InChI=1S/C10H14N2O2/c1-10(2,9(13)14)12-6-5-8(11-12)7-3-4-7/h5-7H,3-4H2,1-2H3,(H,13,14). The molecule has 0 atom stereocenters. The molecular weight excluding hydrogens is 180 g/mol. The van der Waals surface area contributed by atoms with E-state index in [1.807, 2.05) is 6.07 Å². The summed E-state index contributed by atoms with van der Waals surface area (Å²) in [5.41, 5.74) is 0.0759. The summed E-state index contributed by atoms with van der Waals surface area (Å²) in [6, 6.07) is 1.92. The van der Waals surface area contributed by atoms with Gasteiger partial charge in [-0.05, 0) is 32.8 Å². The van der Waals surface area contributed by atoms with E-state index in [-0.39, 0.29) is 0 Å². The Hall–Kier alpha value is -1.32. The van der Waals surface area contributed by atoms with E-state index in [0.717, 1.165) is 5.69 Å². The molecule has 0 unspecified atom stereocenters. The molecule has 0 bridgehead atoms. The van der Waals surface area contributed by atoms with Gasteiger partial charge in [0.25, 0.3) is 0 Å². The molecule has 1 N–H and O–H groups in total. The molecule has 0 aliphatic heterocycles. The molecule has 0 saturated heterocycles. The number of hydrogen-bond acceptors (Lipinski definition) is 2. The summed E-state index contributed by atoms with van der Waals surface area (Å²) >= 11 is 0. The second-order valence-corrected chi connectivity index (χ2v) is 4.32. The Morgan fingerprint density at radius 3 is 2.79 bits per heavy atom. The molecule has 1 aromatic heterocycles. The Balaban J connectivity index is 2.27. The molecule has 14 heavy (non-hydrogen) atoms. The predicted molar refractivity (Wildman–Crippen MR) is 51.2 cm³/mol. The zero-order chi connectivity index (χ0) is 10.3. The summed E-state index contributed by atoms with van der Waals surface area (Å²) < 4.78 is 1.53. The van der Waals surface area contributed by atoms with Crippen LogP contribution in [0.2, 0.25) is 0 Å². The molecule has 4 nitrogen and oxygen atoms in total. The maximum Gasteiger partial charge on any atom is 0.331 e. The van der Waals surface area contributed by atoms with Gasteiger partial charge in [-0.3, -0.25) is 4.68 Å². The van der Waals surface area contributed by atoms with Crippen LogP contribution in [0, 0.1) is 0 Å². The van der Waals surface area contributed by atoms with Crippen molar-refractivity contribution in [3.8, 4) is 0 Å². The average Bonchev–Trinajstić information content (AvgIpc) is 2.83. The van der Waals surface area contributed by atoms with E-state index < -0.39 is 11.5 Å². The topological polar surface area (TPSA) is 55.1 Å². The zero-order valence-corrected chi connectivity index (χ0v) is 8.40. The monoisotopic (exact) mass is 194 g/mol. The minimum Gasteiger partial charge on any atom is -0.479 e. The third-order valence-corrected chi connectivity index (χ3v) is 2.70. The van der Waals surface area contributed by atoms with Crippen molar-refractivity contribution in [2.24, 2.45) is 0 Å². The number of aliphatic carboxylic acids is 1. The Kier molecular flexibility index (Phi) is 1.87. The first-order chi connectivity index (χ1) is 6.51. The molecule has 1 fully saturated rings. The lowest BCUT2D eigenvalue weighted by molar-refractivity contribution is -0.146. The molecule has 1 aromatic rings. The first kappa shape index (κ1) is 9.24. The second-order valence-electron chi connectivity index (χ2n) is 4.32. The van der Waals surface area contributed by atoms with E-state index in [1.54, 1.807) is 20.0 Å². The lowest BCUT2D eigenvalue weighted by Crippen LogP contribution is -2.36. The summed E-state index contributed by atoms with van der Waals surface area (Å²) in [5.74, 6) is -0.288. The van der Waals surface area contributed by atoms with Crippen molar-refractivity contribution in [1.29, 1.82) is 0 Å². The molecular formula is C10H14N2O2. The highest BCUT2D eigenvalue weighted by Gasteiger charge is 2.32. The van der Waals surface area contributed by atoms with Crippen LogP contribution < -0.4 is 0 Å². The van der Waals surface area contributed by atoms with Crippen LogP contribution in [0.4, 0.5) is 0 Å². The molecule has 0 aromatic carbocycles. The van der Waals surface area contributed by atoms with Gasteiger partial charge in [-0.15, -0.1) is 0 Å². The van der Waals surface area contributed by atoms with Crippen molar-refractivity contribution in [3.05, 3.63) is 18.0 Å². The van der Waals surface area contributed by atoms with Gasteiger partial charge < -0.3 is 5.11 Å². The highest BCUT2D eigenvalue weighted by Crippen LogP contribution is 2.39. The van der Waals surface area contributed by atoms with Crippen LogP contribution in [-0.2, 0) is 10.3 Å². The second kappa shape index (κ2) is 2.83. The van der Waals surface area contributed by atoms with Gasteiger partial charge in [-0.25, -0.2) is 4.79 Å². The first-order valence-electron chi connectivity index (χ1n) is 4.81. The minimum absolute atomic E-state index is 0.570. The molecule has 2 rings (SSSR count). The highest BCUT2D eigenvalue weighted by atomic mass is 16.4. The maximum atomic E-state index is 11.0. The fourth-order valence-corrected chi connectivity index (χ4v) is 1.34. The van der Waals surface area contributed by atoms with Gasteiger partial charge in [0.15, 0.2) is 5.54 Å². The largest absolute Gasteiger partial charge is 0.479 e. The summed E-state index contributed by atoms with van der Waals surface area (Å²) in [6.07, 6.45) is 4.12. The Morgan fingerprint density at radius 2 is 2.29 bits per heavy atom. The molecule has 0 amide bonds. The number of carboxylic acids is 1. The molecule has 76 valence electrons. The highest BCUT2D eigenvalue weighted by molar-refractivity contribution is 5.75. The normalized spacial score (nSPS) is 17.0. The van der Waals surface area contributed by atoms with Crippen LogP contribution in [-0.4, -0.2) is 20.9 Å². The lowest BCUT2D eigenvalue weighted by Gasteiger charge is -2.19. The van der Waals surface area contributed by atoms with E-state index in [1.165, 1.54) is 17.5 Å². The van der Waals surface area contributed by atoms with Crippen LogP contribution in [0.3, 0.4) is 0 Å². The van der Waals surface area contributed by atoms with Crippen molar-refractivity contribution in [2.75, 3.05) is 0 Å². The zero-order valence-electron chi connectivity index (χ0n) is 8.40. The molecule has 4 heteroatoms.